The Balaban J connectivity index is 2.15. The van der Waals surface area contributed by atoms with Crippen LogP contribution in [0.4, 0.5) is 5.69 Å². The van der Waals surface area contributed by atoms with E-state index in [4.69, 9.17) is 5.26 Å². The van der Waals surface area contributed by atoms with Crippen LogP contribution in [0.1, 0.15) is 23.7 Å². The lowest BCUT2D eigenvalue weighted by molar-refractivity contribution is 0.971. The molecular weight excluding hydrogens is 302 g/mol. The van der Waals surface area contributed by atoms with Crippen molar-refractivity contribution in [1.82, 2.24) is 4.98 Å². The maximum Gasteiger partial charge on any atom is 0.0992 e. The van der Waals surface area contributed by atoms with Gasteiger partial charge in [0.25, 0.3) is 0 Å². The van der Waals surface area contributed by atoms with Crippen LogP contribution in [0.5, 0.6) is 0 Å². The molecule has 0 aliphatic carbocycles. The highest BCUT2D eigenvalue weighted by Crippen LogP contribution is 2.20. The number of halogens is 1. The third kappa shape index (κ3) is 3.55. The van der Waals surface area contributed by atoms with E-state index in [-0.39, 0.29) is 0 Å². The number of pyridine rings is 1. The highest BCUT2D eigenvalue weighted by molar-refractivity contribution is 9.10. The summed E-state index contributed by atoms with van der Waals surface area (Å²) in [6.45, 7) is 2.78. The summed E-state index contributed by atoms with van der Waals surface area (Å²) in [7, 11) is 0. The van der Waals surface area contributed by atoms with Crippen LogP contribution in [0.25, 0.3) is 0 Å². The molecule has 0 atom stereocenters. The minimum Gasteiger partial charge on any atom is -0.379 e. The van der Waals surface area contributed by atoms with Crippen LogP contribution < -0.4 is 5.32 Å². The van der Waals surface area contributed by atoms with Crippen molar-refractivity contribution in [3.63, 3.8) is 0 Å². The minimum atomic E-state index is 0.633. The zero-order chi connectivity index (χ0) is 13.7. The number of anilines is 1. The van der Waals surface area contributed by atoms with Crippen molar-refractivity contribution < 1.29 is 0 Å². The van der Waals surface area contributed by atoms with Crippen LogP contribution in [-0.2, 0) is 13.0 Å². The average Bonchev–Trinajstić information content (AvgIpc) is 2.44. The van der Waals surface area contributed by atoms with Gasteiger partial charge >= 0.3 is 0 Å². The average molecular weight is 316 g/mol. The van der Waals surface area contributed by atoms with Gasteiger partial charge in [-0.15, -0.1) is 0 Å². The molecule has 0 aliphatic rings. The van der Waals surface area contributed by atoms with Crippen molar-refractivity contribution in [3.05, 3.63) is 57.8 Å². The lowest BCUT2D eigenvalue weighted by atomic mass is 10.1. The molecule has 1 heterocycles. The molecule has 4 heteroatoms. The van der Waals surface area contributed by atoms with Crippen LogP contribution >= 0.6 is 15.9 Å². The van der Waals surface area contributed by atoms with E-state index in [1.165, 1.54) is 5.56 Å². The van der Waals surface area contributed by atoms with Crippen LogP contribution in [0, 0.1) is 11.3 Å². The second-order valence-corrected chi connectivity index (χ2v) is 5.07. The van der Waals surface area contributed by atoms with Gasteiger partial charge in [-0.1, -0.05) is 28.9 Å². The second kappa shape index (κ2) is 6.35. The summed E-state index contributed by atoms with van der Waals surface area (Å²) >= 11 is 3.40. The summed E-state index contributed by atoms with van der Waals surface area (Å²) in [6.07, 6.45) is 2.77. The molecule has 0 fully saturated rings. The van der Waals surface area contributed by atoms with E-state index in [0.29, 0.717) is 12.1 Å². The quantitative estimate of drug-likeness (QED) is 0.931. The summed E-state index contributed by atoms with van der Waals surface area (Å²) in [5, 5.41) is 12.3. The SMILES string of the molecule is CCc1cccnc1CNc1cc(Br)cc(C#N)c1. The minimum absolute atomic E-state index is 0.633. The molecule has 3 nitrogen and oxygen atoms in total. The van der Waals surface area contributed by atoms with Gasteiger partial charge in [-0.3, -0.25) is 4.98 Å². The van der Waals surface area contributed by atoms with E-state index in [0.717, 1.165) is 22.3 Å². The van der Waals surface area contributed by atoms with Gasteiger partial charge < -0.3 is 5.32 Å². The molecule has 19 heavy (non-hydrogen) atoms. The third-order valence-electron chi connectivity index (χ3n) is 2.85. The number of aromatic nitrogens is 1. The van der Waals surface area contributed by atoms with Gasteiger partial charge in [-0.05, 0) is 36.2 Å². The largest absolute Gasteiger partial charge is 0.379 e. The molecule has 0 radical (unpaired) electrons. The van der Waals surface area contributed by atoms with Gasteiger partial charge in [-0.25, -0.2) is 0 Å². The standard InChI is InChI=1S/C15H14BrN3/c1-2-12-4-3-5-18-15(12)10-19-14-7-11(9-17)6-13(16)8-14/h3-8,19H,2,10H2,1H3. The van der Waals surface area contributed by atoms with Gasteiger partial charge in [0.2, 0.25) is 0 Å². The molecule has 1 aromatic carbocycles. The van der Waals surface area contributed by atoms with E-state index < -0.39 is 0 Å². The number of aryl methyl sites for hydroxylation is 1. The summed E-state index contributed by atoms with van der Waals surface area (Å²) in [5.74, 6) is 0. The molecule has 1 N–H and O–H groups in total. The fourth-order valence-corrected chi connectivity index (χ4v) is 2.39. The van der Waals surface area contributed by atoms with E-state index in [9.17, 15) is 0 Å². The Morgan fingerprint density at radius 1 is 1.37 bits per heavy atom. The van der Waals surface area contributed by atoms with Crippen molar-refractivity contribution in [1.29, 1.82) is 5.26 Å². The van der Waals surface area contributed by atoms with Crippen molar-refractivity contribution in [3.8, 4) is 6.07 Å². The fraction of sp³-hybridized carbons (Fsp3) is 0.200. The zero-order valence-corrected chi connectivity index (χ0v) is 12.2. The predicted octanol–water partition coefficient (Wildman–Crippen LogP) is 3.89. The fourth-order valence-electron chi connectivity index (χ4n) is 1.89. The molecule has 0 unspecified atom stereocenters. The maximum absolute atomic E-state index is 8.94. The maximum atomic E-state index is 8.94. The normalized spacial score (nSPS) is 9.95. The molecule has 0 bridgehead atoms. The Bertz CT molecular complexity index is 617. The number of benzene rings is 1. The summed E-state index contributed by atoms with van der Waals surface area (Å²) in [6, 6.07) is 11.8. The van der Waals surface area contributed by atoms with Gasteiger partial charge in [0.1, 0.15) is 0 Å². The summed E-state index contributed by atoms with van der Waals surface area (Å²) in [4.78, 5) is 4.39. The molecule has 1 aromatic heterocycles. The molecular formula is C15H14BrN3. The molecule has 0 amide bonds. The van der Waals surface area contributed by atoms with Gasteiger partial charge in [0, 0.05) is 16.4 Å². The molecule has 0 aliphatic heterocycles. The number of nitrogens with one attached hydrogen (secondary N) is 1. The lowest BCUT2D eigenvalue weighted by Crippen LogP contribution is -2.05. The molecule has 2 aromatic rings. The second-order valence-electron chi connectivity index (χ2n) is 4.16. The Morgan fingerprint density at radius 3 is 2.95 bits per heavy atom. The number of hydrogen-bond donors (Lipinski definition) is 1. The van der Waals surface area contributed by atoms with Crippen molar-refractivity contribution in [2.75, 3.05) is 5.32 Å². The van der Waals surface area contributed by atoms with Gasteiger partial charge in [-0.2, -0.15) is 5.26 Å². The van der Waals surface area contributed by atoms with Crippen LogP contribution in [0.15, 0.2) is 41.0 Å². The molecule has 0 spiro atoms. The van der Waals surface area contributed by atoms with E-state index in [1.807, 2.05) is 18.2 Å². The van der Waals surface area contributed by atoms with Gasteiger partial charge in [0.05, 0.1) is 23.9 Å². The Hall–Kier alpha value is -1.86. The smallest absolute Gasteiger partial charge is 0.0992 e. The monoisotopic (exact) mass is 315 g/mol. The van der Waals surface area contributed by atoms with E-state index >= 15 is 0 Å². The van der Waals surface area contributed by atoms with Crippen molar-refractivity contribution >= 4 is 21.6 Å². The Labute approximate surface area is 121 Å². The number of nitriles is 1. The third-order valence-corrected chi connectivity index (χ3v) is 3.31. The molecule has 0 saturated carbocycles. The summed E-state index contributed by atoms with van der Waals surface area (Å²) in [5.41, 5.74) is 3.83. The number of nitrogens with zero attached hydrogens (tertiary/aromatic N) is 2. The first-order chi connectivity index (χ1) is 9.22. The molecule has 2 rings (SSSR count). The first-order valence-electron chi connectivity index (χ1n) is 6.10. The number of rotatable bonds is 4. The predicted molar refractivity (Wildman–Crippen MR) is 79.8 cm³/mol. The van der Waals surface area contributed by atoms with Crippen LogP contribution in [0.2, 0.25) is 0 Å². The zero-order valence-electron chi connectivity index (χ0n) is 10.7. The topological polar surface area (TPSA) is 48.7 Å². The number of hydrogen-bond acceptors (Lipinski definition) is 3. The molecule has 96 valence electrons. The first-order valence-corrected chi connectivity index (χ1v) is 6.89. The van der Waals surface area contributed by atoms with E-state index in [2.05, 4.69) is 45.3 Å². The van der Waals surface area contributed by atoms with Crippen LogP contribution in [0.3, 0.4) is 0 Å². The van der Waals surface area contributed by atoms with E-state index in [1.54, 1.807) is 12.3 Å². The highest BCUT2D eigenvalue weighted by Gasteiger charge is 2.03. The summed E-state index contributed by atoms with van der Waals surface area (Å²) < 4.78 is 0.894. The van der Waals surface area contributed by atoms with Crippen LogP contribution in [-0.4, -0.2) is 4.98 Å². The highest BCUT2D eigenvalue weighted by atomic mass is 79.9. The first kappa shape index (κ1) is 13.6. The lowest BCUT2D eigenvalue weighted by Gasteiger charge is -2.10. The molecule has 0 saturated heterocycles. The Kier molecular flexibility index (Phi) is 4.53. The van der Waals surface area contributed by atoms with Crippen molar-refractivity contribution in [2.24, 2.45) is 0 Å². The Morgan fingerprint density at radius 2 is 2.21 bits per heavy atom. The van der Waals surface area contributed by atoms with Gasteiger partial charge in [0.15, 0.2) is 0 Å². The van der Waals surface area contributed by atoms with Crippen molar-refractivity contribution in [2.45, 2.75) is 19.9 Å².